The van der Waals surface area contributed by atoms with Gasteiger partial charge in [-0.05, 0) is 89.6 Å². The Morgan fingerprint density at radius 3 is 2.23 bits per heavy atom. The fourth-order valence-electron chi connectivity index (χ4n) is 4.07. The summed E-state index contributed by atoms with van der Waals surface area (Å²) in [5.74, 6) is 0. The highest BCUT2D eigenvalue weighted by Crippen LogP contribution is 2.46. The number of rotatable bonds is 11. The third-order valence-corrected chi connectivity index (χ3v) is 7.10. The van der Waals surface area contributed by atoms with Gasteiger partial charge in [-0.1, -0.05) is 25.6 Å². The summed E-state index contributed by atoms with van der Waals surface area (Å²) in [7, 11) is 0. The predicted molar refractivity (Wildman–Crippen MR) is 134 cm³/mol. The Hall–Kier alpha value is -1.85. The lowest BCUT2D eigenvalue weighted by molar-refractivity contribution is 0.295. The van der Waals surface area contributed by atoms with Crippen molar-refractivity contribution in [1.82, 2.24) is 4.90 Å². The number of hydrogen-bond donors (Lipinski definition) is 2. The minimum Gasteiger partial charge on any atom is -0.383 e. The molecule has 0 amide bonds. The van der Waals surface area contributed by atoms with Crippen LogP contribution >= 0.6 is 11.8 Å². The van der Waals surface area contributed by atoms with E-state index in [2.05, 4.69) is 91.5 Å². The molecule has 164 valence electrons. The number of fused-ring (bicyclic) bond motifs is 2. The van der Waals surface area contributed by atoms with Crippen LogP contribution in [0.25, 0.3) is 0 Å². The lowest BCUT2D eigenvalue weighted by atomic mass is 10.1. The predicted octanol–water partition coefficient (Wildman–Crippen LogP) is 6.66. The van der Waals surface area contributed by atoms with E-state index >= 15 is 0 Å². The van der Waals surface area contributed by atoms with Crippen molar-refractivity contribution in [1.29, 1.82) is 0 Å². The smallest absolute Gasteiger partial charge is 0.0527 e. The van der Waals surface area contributed by atoms with E-state index in [0.717, 1.165) is 26.2 Å². The number of hydrogen-bond acceptors (Lipinski definition) is 5. The molecule has 1 aliphatic heterocycles. The minimum atomic E-state index is 0.474. The largest absolute Gasteiger partial charge is 0.383 e. The molecule has 3 rings (SSSR count). The van der Waals surface area contributed by atoms with Gasteiger partial charge in [0.05, 0.1) is 11.4 Å². The normalized spacial score (nSPS) is 13.4. The number of anilines is 4. The summed E-state index contributed by atoms with van der Waals surface area (Å²) < 4.78 is 0. The van der Waals surface area contributed by atoms with E-state index < -0.39 is 0 Å². The second-order valence-corrected chi connectivity index (χ2v) is 9.09. The van der Waals surface area contributed by atoms with Crippen LogP contribution in [0.3, 0.4) is 0 Å². The average Bonchev–Trinajstić information content (AvgIpc) is 2.76. The van der Waals surface area contributed by atoms with Gasteiger partial charge < -0.3 is 20.4 Å². The first-order valence-corrected chi connectivity index (χ1v) is 12.4. The minimum absolute atomic E-state index is 0.474. The standard InChI is InChI=1S/C25H38N4S/c1-6-28(7-2)16-10-11-19(5)26-20-12-14-22-24(17-20)30-25-18-21(29(8-3)9-4)13-15-23(25)27-22/h12-15,17-19,26-27H,6-11,16H2,1-5H3. The molecule has 30 heavy (non-hydrogen) atoms. The number of nitrogens with zero attached hydrogens (tertiary/aromatic N) is 2. The molecule has 2 N–H and O–H groups in total. The highest BCUT2D eigenvalue weighted by molar-refractivity contribution is 7.99. The van der Waals surface area contributed by atoms with Gasteiger partial charge in [-0.15, -0.1) is 0 Å². The zero-order valence-electron chi connectivity index (χ0n) is 19.3. The van der Waals surface area contributed by atoms with E-state index in [-0.39, 0.29) is 0 Å². The van der Waals surface area contributed by atoms with Crippen molar-refractivity contribution in [2.75, 3.05) is 48.3 Å². The fraction of sp³-hybridized carbons (Fsp3) is 0.520. The van der Waals surface area contributed by atoms with Crippen LogP contribution in [0.15, 0.2) is 46.2 Å². The van der Waals surface area contributed by atoms with Gasteiger partial charge in [-0.3, -0.25) is 0 Å². The molecule has 0 saturated heterocycles. The van der Waals surface area contributed by atoms with Gasteiger partial charge in [-0.25, -0.2) is 0 Å². The van der Waals surface area contributed by atoms with Gasteiger partial charge in [-0.2, -0.15) is 0 Å². The van der Waals surface area contributed by atoms with Gasteiger partial charge in [0, 0.05) is 40.3 Å². The Labute approximate surface area is 187 Å². The Morgan fingerprint density at radius 2 is 1.57 bits per heavy atom. The zero-order chi connectivity index (χ0) is 21.5. The first kappa shape index (κ1) is 22.8. The summed E-state index contributed by atoms with van der Waals surface area (Å²) in [6.07, 6.45) is 2.42. The van der Waals surface area contributed by atoms with Gasteiger partial charge in [0.25, 0.3) is 0 Å². The van der Waals surface area contributed by atoms with E-state index in [1.807, 2.05) is 11.8 Å². The van der Waals surface area contributed by atoms with E-state index in [1.165, 1.54) is 51.9 Å². The number of nitrogens with one attached hydrogen (secondary N) is 2. The third kappa shape index (κ3) is 5.64. The summed E-state index contributed by atoms with van der Waals surface area (Å²) in [6, 6.07) is 13.9. The van der Waals surface area contributed by atoms with Crippen LogP contribution in [0.1, 0.15) is 47.5 Å². The highest BCUT2D eigenvalue weighted by Gasteiger charge is 2.18. The molecule has 0 bridgehead atoms. The van der Waals surface area contributed by atoms with Crippen LogP contribution in [0.2, 0.25) is 0 Å². The maximum atomic E-state index is 3.71. The summed E-state index contributed by atoms with van der Waals surface area (Å²) in [5, 5.41) is 7.32. The second kappa shape index (κ2) is 11.0. The third-order valence-electron chi connectivity index (χ3n) is 5.98. The van der Waals surface area contributed by atoms with Gasteiger partial charge in [0.2, 0.25) is 0 Å². The van der Waals surface area contributed by atoms with Gasteiger partial charge >= 0.3 is 0 Å². The van der Waals surface area contributed by atoms with Crippen molar-refractivity contribution in [2.24, 2.45) is 0 Å². The van der Waals surface area contributed by atoms with Crippen LogP contribution in [-0.2, 0) is 0 Å². The summed E-state index contributed by atoms with van der Waals surface area (Å²) in [5.41, 5.74) is 4.91. The first-order valence-electron chi connectivity index (χ1n) is 11.5. The monoisotopic (exact) mass is 426 g/mol. The van der Waals surface area contributed by atoms with E-state index in [0.29, 0.717) is 6.04 Å². The molecular formula is C25H38N4S. The highest BCUT2D eigenvalue weighted by atomic mass is 32.2. The molecule has 4 nitrogen and oxygen atoms in total. The molecule has 0 fully saturated rings. The zero-order valence-corrected chi connectivity index (χ0v) is 20.1. The average molecular weight is 427 g/mol. The van der Waals surface area contributed by atoms with Crippen LogP contribution < -0.4 is 15.5 Å². The van der Waals surface area contributed by atoms with Crippen LogP contribution in [0, 0.1) is 0 Å². The molecule has 2 aromatic carbocycles. The quantitative estimate of drug-likeness (QED) is 0.358. The maximum absolute atomic E-state index is 3.71. The van der Waals surface area contributed by atoms with Crippen LogP contribution in [0.5, 0.6) is 0 Å². The van der Waals surface area contributed by atoms with Crippen molar-refractivity contribution in [3.8, 4) is 0 Å². The van der Waals surface area contributed by atoms with Crippen LogP contribution in [0.4, 0.5) is 22.7 Å². The van der Waals surface area contributed by atoms with Crippen LogP contribution in [-0.4, -0.2) is 43.7 Å². The Balaban J connectivity index is 1.63. The molecular weight excluding hydrogens is 388 g/mol. The molecule has 1 heterocycles. The molecule has 1 atom stereocenters. The van der Waals surface area contributed by atoms with E-state index in [9.17, 15) is 0 Å². The Bertz CT molecular complexity index is 815. The summed E-state index contributed by atoms with van der Waals surface area (Å²) >= 11 is 1.87. The second-order valence-electron chi connectivity index (χ2n) is 8.01. The summed E-state index contributed by atoms with van der Waals surface area (Å²) in [4.78, 5) is 7.49. The maximum Gasteiger partial charge on any atom is 0.0527 e. The molecule has 0 aromatic heterocycles. The molecule has 5 heteroatoms. The Kier molecular flexibility index (Phi) is 8.34. The lowest BCUT2D eigenvalue weighted by Crippen LogP contribution is -2.25. The molecule has 1 aliphatic rings. The SMILES string of the molecule is CCN(CC)CCCC(C)Nc1ccc2c(c1)Sc1cc(N(CC)CC)ccc1N2. The van der Waals surface area contributed by atoms with Crippen molar-refractivity contribution in [2.45, 2.75) is 63.3 Å². The molecule has 0 saturated carbocycles. The molecule has 0 spiro atoms. The fourth-order valence-corrected chi connectivity index (χ4v) is 5.13. The van der Waals surface area contributed by atoms with Crippen molar-refractivity contribution >= 4 is 34.5 Å². The van der Waals surface area contributed by atoms with Gasteiger partial charge in [0.1, 0.15) is 0 Å². The van der Waals surface area contributed by atoms with Crippen molar-refractivity contribution < 1.29 is 0 Å². The number of benzene rings is 2. The van der Waals surface area contributed by atoms with Crippen molar-refractivity contribution in [3.05, 3.63) is 36.4 Å². The van der Waals surface area contributed by atoms with E-state index in [4.69, 9.17) is 0 Å². The van der Waals surface area contributed by atoms with E-state index in [1.54, 1.807) is 0 Å². The first-order chi connectivity index (χ1) is 14.6. The Morgan fingerprint density at radius 1 is 0.900 bits per heavy atom. The molecule has 2 aromatic rings. The lowest BCUT2D eigenvalue weighted by Gasteiger charge is -2.26. The molecule has 1 unspecified atom stereocenters. The van der Waals surface area contributed by atoms with Gasteiger partial charge in [0.15, 0.2) is 0 Å². The van der Waals surface area contributed by atoms with Crippen molar-refractivity contribution in [3.63, 3.8) is 0 Å². The topological polar surface area (TPSA) is 30.5 Å². The summed E-state index contributed by atoms with van der Waals surface area (Å²) in [6.45, 7) is 16.7. The molecule has 0 radical (unpaired) electrons. The molecule has 0 aliphatic carbocycles.